The highest BCUT2D eigenvalue weighted by Gasteiger charge is 2.19. The summed E-state index contributed by atoms with van der Waals surface area (Å²) in [5.41, 5.74) is 2.83. The van der Waals surface area contributed by atoms with Gasteiger partial charge in [-0.3, -0.25) is 4.72 Å². The fourth-order valence-corrected chi connectivity index (χ4v) is 4.12. The first kappa shape index (κ1) is 14.4. The molecule has 6 heteroatoms. The summed E-state index contributed by atoms with van der Waals surface area (Å²) in [5.74, 6) is 0. The van der Waals surface area contributed by atoms with E-state index in [1.54, 1.807) is 18.2 Å². The Hall–Kier alpha value is -1.50. The van der Waals surface area contributed by atoms with Gasteiger partial charge in [-0.25, -0.2) is 8.42 Å². The Labute approximate surface area is 129 Å². The number of rotatable bonds is 4. The molecule has 2 aromatic carbocycles. The first-order valence-electron chi connectivity index (χ1n) is 6.58. The van der Waals surface area contributed by atoms with Gasteiger partial charge in [0, 0.05) is 18.0 Å². The highest BCUT2D eigenvalue weighted by atomic mass is 32.2. The van der Waals surface area contributed by atoms with Crippen molar-refractivity contribution in [3.8, 4) is 0 Å². The second-order valence-corrected chi connectivity index (χ2v) is 7.37. The first-order chi connectivity index (χ1) is 10.1. The third-order valence-electron chi connectivity index (χ3n) is 3.47. The van der Waals surface area contributed by atoms with Gasteiger partial charge in [-0.1, -0.05) is 18.2 Å². The molecule has 0 aromatic heterocycles. The molecule has 0 unspecified atom stereocenters. The van der Waals surface area contributed by atoms with Crippen LogP contribution in [-0.4, -0.2) is 14.7 Å². The minimum atomic E-state index is -3.56. The molecule has 110 valence electrons. The van der Waals surface area contributed by atoms with Gasteiger partial charge in [0.05, 0.1) is 10.6 Å². The molecule has 0 atom stereocenters. The maximum Gasteiger partial charge on any atom is 0.261 e. The fraction of sp³-hybridized carbons (Fsp3) is 0.200. The topological polar surface area (TPSA) is 58.2 Å². The molecular formula is C15H16N2O2S2. The Morgan fingerprint density at radius 3 is 2.67 bits per heavy atom. The van der Waals surface area contributed by atoms with Crippen molar-refractivity contribution >= 4 is 27.5 Å². The number of fused-ring (bicyclic) bond motifs is 1. The van der Waals surface area contributed by atoms with E-state index in [4.69, 9.17) is 0 Å². The molecule has 0 amide bonds. The Morgan fingerprint density at radius 1 is 1.10 bits per heavy atom. The molecule has 2 aromatic rings. The lowest BCUT2D eigenvalue weighted by molar-refractivity contribution is 0.601. The number of para-hydroxylation sites is 1. The number of anilines is 1. The van der Waals surface area contributed by atoms with E-state index in [1.807, 2.05) is 30.5 Å². The largest absolute Gasteiger partial charge is 0.309 e. The average Bonchev–Trinajstić information content (AvgIpc) is 2.95. The maximum absolute atomic E-state index is 12.5. The van der Waals surface area contributed by atoms with Crippen LogP contribution in [0.15, 0.2) is 52.3 Å². The lowest BCUT2D eigenvalue weighted by Gasteiger charge is -2.12. The van der Waals surface area contributed by atoms with E-state index in [9.17, 15) is 8.42 Å². The molecule has 0 saturated carbocycles. The smallest absolute Gasteiger partial charge is 0.261 e. The number of thioether (sulfide) groups is 1. The van der Waals surface area contributed by atoms with Gasteiger partial charge < -0.3 is 5.32 Å². The molecule has 0 fully saturated rings. The number of hydrogen-bond donors (Lipinski definition) is 2. The SMILES string of the molecule is CSc1ccccc1NS(=O)(=O)c1ccc2c(c1)CNC2. The van der Waals surface area contributed by atoms with Gasteiger partial charge in [0.15, 0.2) is 0 Å². The Bertz CT molecular complexity index is 773. The zero-order valence-corrected chi connectivity index (χ0v) is 13.2. The second-order valence-electron chi connectivity index (χ2n) is 4.84. The number of benzene rings is 2. The van der Waals surface area contributed by atoms with Crippen LogP contribution in [0.2, 0.25) is 0 Å². The fourth-order valence-electron chi connectivity index (χ4n) is 2.37. The molecule has 3 rings (SSSR count). The summed E-state index contributed by atoms with van der Waals surface area (Å²) in [4.78, 5) is 1.21. The molecule has 1 heterocycles. The predicted octanol–water partition coefficient (Wildman–Crippen LogP) is 2.81. The van der Waals surface area contributed by atoms with Crippen molar-refractivity contribution in [2.45, 2.75) is 22.9 Å². The molecule has 0 bridgehead atoms. The van der Waals surface area contributed by atoms with E-state index in [1.165, 1.54) is 17.3 Å². The summed E-state index contributed by atoms with van der Waals surface area (Å²) >= 11 is 1.51. The van der Waals surface area contributed by atoms with Crippen molar-refractivity contribution in [1.82, 2.24) is 5.32 Å². The lowest BCUT2D eigenvalue weighted by atomic mass is 10.1. The van der Waals surface area contributed by atoms with Gasteiger partial charge in [0.1, 0.15) is 0 Å². The number of sulfonamides is 1. The van der Waals surface area contributed by atoms with Crippen LogP contribution in [-0.2, 0) is 23.1 Å². The van der Waals surface area contributed by atoms with Crippen LogP contribution in [0.25, 0.3) is 0 Å². The normalized spacial score (nSPS) is 14.0. The summed E-state index contributed by atoms with van der Waals surface area (Å²) in [7, 11) is -3.56. The summed E-state index contributed by atoms with van der Waals surface area (Å²) in [6, 6.07) is 12.7. The number of nitrogens with one attached hydrogen (secondary N) is 2. The second kappa shape index (κ2) is 5.71. The van der Waals surface area contributed by atoms with Crippen molar-refractivity contribution < 1.29 is 8.42 Å². The zero-order valence-electron chi connectivity index (χ0n) is 11.6. The summed E-state index contributed by atoms with van der Waals surface area (Å²) in [6.45, 7) is 1.53. The van der Waals surface area contributed by atoms with Crippen LogP contribution in [0.3, 0.4) is 0 Å². The van der Waals surface area contributed by atoms with Gasteiger partial charge >= 0.3 is 0 Å². The molecule has 0 saturated heterocycles. The van der Waals surface area contributed by atoms with E-state index < -0.39 is 10.0 Å². The molecule has 1 aliphatic heterocycles. The highest BCUT2D eigenvalue weighted by molar-refractivity contribution is 7.99. The molecule has 1 aliphatic rings. The van der Waals surface area contributed by atoms with Gasteiger partial charge in [-0.05, 0) is 41.6 Å². The first-order valence-corrected chi connectivity index (χ1v) is 9.29. The predicted molar refractivity (Wildman–Crippen MR) is 86.0 cm³/mol. The Kier molecular flexibility index (Phi) is 3.93. The Balaban J connectivity index is 1.94. The van der Waals surface area contributed by atoms with Crippen molar-refractivity contribution in [2.24, 2.45) is 0 Å². The van der Waals surface area contributed by atoms with E-state index in [-0.39, 0.29) is 0 Å². The molecule has 0 radical (unpaired) electrons. The average molecular weight is 320 g/mol. The minimum absolute atomic E-state index is 0.306. The lowest BCUT2D eigenvalue weighted by Crippen LogP contribution is -2.13. The standard InChI is InChI=1S/C15H16N2O2S2/c1-20-15-5-3-2-4-14(15)17-21(18,19)13-7-6-11-9-16-10-12(11)8-13/h2-8,16-17H,9-10H2,1H3. The summed E-state index contributed by atoms with van der Waals surface area (Å²) in [6.07, 6.45) is 1.92. The van der Waals surface area contributed by atoms with E-state index in [0.717, 1.165) is 23.5 Å². The Morgan fingerprint density at radius 2 is 1.86 bits per heavy atom. The van der Waals surface area contributed by atoms with Crippen LogP contribution >= 0.6 is 11.8 Å². The van der Waals surface area contributed by atoms with Crippen LogP contribution in [0.5, 0.6) is 0 Å². The van der Waals surface area contributed by atoms with E-state index in [0.29, 0.717) is 10.6 Å². The number of hydrogen-bond acceptors (Lipinski definition) is 4. The van der Waals surface area contributed by atoms with Gasteiger partial charge in [0.25, 0.3) is 10.0 Å². The molecule has 4 nitrogen and oxygen atoms in total. The maximum atomic E-state index is 12.5. The molecule has 2 N–H and O–H groups in total. The molecule has 0 aliphatic carbocycles. The highest BCUT2D eigenvalue weighted by Crippen LogP contribution is 2.28. The van der Waals surface area contributed by atoms with Crippen molar-refractivity contribution in [1.29, 1.82) is 0 Å². The van der Waals surface area contributed by atoms with Gasteiger partial charge in [0.2, 0.25) is 0 Å². The third kappa shape index (κ3) is 2.92. The van der Waals surface area contributed by atoms with Crippen molar-refractivity contribution in [2.75, 3.05) is 11.0 Å². The molecule has 0 spiro atoms. The van der Waals surface area contributed by atoms with Gasteiger partial charge in [-0.2, -0.15) is 0 Å². The van der Waals surface area contributed by atoms with Crippen LogP contribution < -0.4 is 10.0 Å². The van der Waals surface area contributed by atoms with Crippen molar-refractivity contribution in [3.63, 3.8) is 0 Å². The third-order valence-corrected chi connectivity index (χ3v) is 5.63. The van der Waals surface area contributed by atoms with E-state index in [2.05, 4.69) is 10.0 Å². The zero-order chi connectivity index (χ0) is 14.9. The van der Waals surface area contributed by atoms with Crippen LogP contribution in [0.4, 0.5) is 5.69 Å². The minimum Gasteiger partial charge on any atom is -0.309 e. The monoisotopic (exact) mass is 320 g/mol. The van der Waals surface area contributed by atoms with E-state index >= 15 is 0 Å². The summed E-state index contributed by atoms with van der Waals surface area (Å²) < 4.78 is 27.7. The van der Waals surface area contributed by atoms with Gasteiger partial charge in [-0.15, -0.1) is 11.8 Å². The van der Waals surface area contributed by atoms with Crippen LogP contribution in [0.1, 0.15) is 11.1 Å². The van der Waals surface area contributed by atoms with Crippen LogP contribution in [0, 0.1) is 0 Å². The quantitative estimate of drug-likeness (QED) is 0.851. The van der Waals surface area contributed by atoms with Crippen molar-refractivity contribution in [3.05, 3.63) is 53.6 Å². The molecular weight excluding hydrogens is 304 g/mol. The summed E-state index contributed by atoms with van der Waals surface area (Å²) in [5, 5.41) is 3.22. The molecule has 21 heavy (non-hydrogen) atoms.